The highest BCUT2D eigenvalue weighted by molar-refractivity contribution is 5.90. The molecule has 3 heterocycles. The van der Waals surface area contributed by atoms with E-state index in [4.69, 9.17) is 14.0 Å². The lowest BCUT2D eigenvalue weighted by atomic mass is 9.96. The summed E-state index contributed by atoms with van der Waals surface area (Å²) in [4.78, 5) is 24.5. The molecule has 10 heteroatoms. The molecule has 4 N–H and O–H groups in total. The maximum atomic E-state index is 12.3. The summed E-state index contributed by atoms with van der Waals surface area (Å²) in [7, 11) is 0. The van der Waals surface area contributed by atoms with Crippen molar-refractivity contribution < 1.29 is 28.7 Å². The quantitative estimate of drug-likeness (QED) is 0.517. The number of ether oxygens (including phenoxy) is 2. The number of aliphatic hydroxyl groups excluding tert-OH is 1. The predicted octanol–water partition coefficient (Wildman–Crippen LogP) is 1.25. The van der Waals surface area contributed by atoms with Crippen LogP contribution in [0.25, 0.3) is 0 Å². The maximum Gasteiger partial charge on any atom is 0.319 e. The summed E-state index contributed by atoms with van der Waals surface area (Å²) < 4.78 is 16.3. The van der Waals surface area contributed by atoms with Gasteiger partial charge in [-0.25, -0.2) is 4.79 Å². The number of anilines is 1. The first-order valence-corrected chi connectivity index (χ1v) is 10.6. The number of aliphatic hydroxyl groups is 1. The minimum absolute atomic E-state index is 0.0287. The van der Waals surface area contributed by atoms with E-state index in [1.54, 1.807) is 13.8 Å². The smallest absolute Gasteiger partial charge is 0.319 e. The molecule has 2 aliphatic rings. The van der Waals surface area contributed by atoms with E-state index in [1.165, 1.54) is 0 Å². The minimum atomic E-state index is -0.495. The number of amides is 3. The monoisotopic (exact) mass is 424 g/mol. The van der Waals surface area contributed by atoms with E-state index in [2.05, 4.69) is 21.1 Å². The first kappa shape index (κ1) is 22.5. The van der Waals surface area contributed by atoms with Crippen molar-refractivity contribution >= 4 is 17.6 Å². The number of carbonyl (C=O) groups is 2. The van der Waals surface area contributed by atoms with E-state index in [0.717, 1.165) is 19.3 Å². The Morgan fingerprint density at radius 3 is 2.60 bits per heavy atom. The number of rotatable bonds is 7. The van der Waals surface area contributed by atoms with Crippen molar-refractivity contribution in [3.8, 4) is 0 Å². The van der Waals surface area contributed by atoms with Crippen LogP contribution in [-0.4, -0.2) is 66.8 Å². The Morgan fingerprint density at radius 2 is 1.93 bits per heavy atom. The van der Waals surface area contributed by atoms with Gasteiger partial charge in [0.05, 0.1) is 18.8 Å². The Labute approximate surface area is 176 Å². The Hall–Kier alpha value is -2.17. The van der Waals surface area contributed by atoms with Crippen LogP contribution in [0.2, 0.25) is 0 Å². The molecule has 30 heavy (non-hydrogen) atoms. The summed E-state index contributed by atoms with van der Waals surface area (Å²) in [5.41, 5.74) is 1.15. The summed E-state index contributed by atoms with van der Waals surface area (Å²) in [5, 5.41) is 22.1. The van der Waals surface area contributed by atoms with Crippen molar-refractivity contribution in [2.45, 2.75) is 64.2 Å². The normalized spacial score (nSPS) is 25.0. The minimum Gasteiger partial charge on any atom is -0.394 e. The molecule has 0 radical (unpaired) electrons. The highest BCUT2D eigenvalue weighted by Crippen LogP contribution is 2.23. The van der Waals surface area contributed by atoms with Gasteiger partial charge in [-0.2, -0.15) is 0 Å². The van der Waals surface area contributed by atoms with Crippen molar-refractivity contribution in [3.63, 3.8) is 0 Å². The summed E-state index contributed by atoms with van der Waals surface area (Å²) in [5.74, 6) is 0.633. The number of carbonyl (C=O) groups excluding carboxylic acids is 2. The van der Waals surface area contributed by atoms with E-state index >= 15 is 0 Å². The molecule has 2 saturated heterocycles. The van der Waals surface area contributed by atoms with Gasteiger partial charge in [-0.1, -0.05) is 5.16 Å². The molecule has 10 nitrogen and oxygen atoms in total. The SMILES string of the molecule is Cc1noc(C)c1NC(=O)N[C@H]1CC[C@@H](CCNC(=O)C2CCOCC2)O[C@@H]1CO. The van der Waals surface area contributed by atoms with Gasteiger partial charge < -0.3 is 35.1 Å². The lowest BCUT2D eigenvalue weighted by Crippen LogP contribution is -2.52. The van der Waals surface area contributed by atoms with Crippen LogP contribution in [-0.2, 0) is 14.3 Å². The van der Waals surface area contributed by atoms with E-state index < -0.39 is 12.1 Å². The van der Waals surface area contributed by atoms with Crippen LogP contribution in [0.15, 0.2) is 4.52 Å². The largest absolute Gasteiger partial charge is 0.394 e. The Morgan fingerprint density at radius 1 is 1.17 bits per heavy atom. The number of nitrogens with one attached hydrogen (secondary N) is 3. The van der Waals surface area contributed by atoms with Crippen LogP contribution in [0.3, 0.4) is 0 Å². The number of hydrogen-bond acceptors (Lipinski definition) is 7. The molecular formula is C20H32N4O6. The van der Waals surface area contributed by atoms with E-state index in [1.807, 2.05) is 0 Å². The van der Waals surface area contributed by atoms with Crippen LogP contribution < -0.4 is 16.0 Å². The molecule has 0 saturated carbocycles. The molecule has 2 fully saturated rings. The molecule has 168 valence electrons. The van der Waals surface area contributed by atoms with Crippen molar-refractivity contribution in [2.24, 2.45) is 5.92 Å². The fourth-order valence-electron chi connectivity index (χ4n) is 3.95. The van der Waals surface area contributed by atoms with Crippen molar-refractivity contribution in [1.29, 1.82) is 0 Å². The molecule has 3 amide bonds. The number of aryl methyl sites for hydroxylation is 2. The molecule has 3 rings (SSSR count). The lowest BCUT2D eigenvalue weighted by Gasteiger charge is -2.36. The lowest BCUT2D eigenvalue weighted by molar-refractivity contribution is -0.128. The number of urea groups is 1. The molecule has 0 aliphatic carbocycles. The third-order valence-electron chi connectivity index (χ3n) is 5.74. The number of aromatic nitrogens is 1. The van der Waals surface area contributed by atoms with Gasteiger partial charge in [-0.3, -0.25) is 4.79 Å². The Kier molecular flexibility index (Phi) is 8.06. The second kappa shape index (κ2) is 10.7. The molecule has 2 aliphatic heterocycles. The Bertz CT molecular complexity index is 699. The molecule has 1 aromatic rings. The van der Waals surface area contributed by atoms with Crippen molar-refractivity contribution in [2.75, 3.05) is 31.7 Å². The van der Waals surface area contributed by atoms with E-state index in [9.17, 15) is 14.7 Å². The standard InChI is InChI=1S/C20H32N4O6/c1-12-18(13(2)30-24-12)23-20(27)22-16-4-3-15(29-17(16)11-25)5-8-21-19(26)14-6-9-28-10-7-14/h14-17,25H,3-11H2,1-2H3,(H,21,26)(H2,22,23,27)/t15-,16-,17+/m0/s1. The fourth-order valence-corrected chi connectivity index (χ4v) is 3.95. The summed E-state index contributed by atoms with van der Waals surface area (Å²) in [6.07, 6.45) is 3.05. The molecule has 0 aromatic carbocycles. The van der Waals surface area contributed by atoms with Gasteiger partial charge in [-0.15, -0.1) is 0 Å². The van der Waals surface area contributed by atoms with E-state index in [-0.39, 0.29) is 30.6 Å². The van der Waals surface area contributed by atoms with Gasteiger partial charge in [0.1, 0.15) is 17.5 Å². The molecule has 1 aromatic heterocycles. The summed E-state index contributed by atoms with van der Waals surface area (Å²) in [6, 6.07) is -0.692. The number of nitrogens with zero attached hydrogens (tertiary/aromatic N) is 1. The Balaban J connectivity index is 1.40. The van der Waals surface area contributed by atoms with Gasteiger partial charge in [0.15, 0.2) is 5.76 Å². The van der Waals surface area contributed by atoms with Crippen molar-refractivity contribution in [1.82, 2.24) is 15.8 Å². The zero-order chi connectivity index (χ0) is 21.5. The topological polar surface area (TPSA) is 135 Å². The van der Waals surface area contributed by atoms with Gasteiger partial charge in [0.2, 0.25) is 5.91 Å². The van der Waals surface area contributed by atoms with Crippen LogP contribution in [0.4, 0.5) is 10.5 Å². The van der Waals surface area contributed by atoms with Crippen LogP contribution in [0.1, 0.15) is 43.6 Å². The molecule has 0 bridgehead atoms. The third-order valence-corrected chi connectivity index (χ3v) is 5.74. The predicted molar refractivity (Wildman–Crippen MR) is 108 cm³/mol. The van der Waals surface area contributed by atoms with Gasteiger partial charge in [-0.05, 0) is 46.0 Å². The first-order chi connectivity index (χ1) is 14.5. The first-order valence-electron chi connectivity index (χ1n) is 10.6. The average molecular weight is 424 g/mol. The molecule has 0 spiro atoms. The molecular weight excluding hydrogens is 392 g/mol. The van der Waals surface area contributed by atoms with Gasteiger partial charge >= 0.3 is 6.03 Å². The maximum absolute atomic E-state index is 12.3. The second-order valence-electron chi connectivity index (χ2n) is 7.93. The third kappa shape index (κ3) is 5.93. The molecule has 0 unspecified atom stereocenters. The van der Waals surface area contributed by atoms with Gasteiger partial charge in [0.25, 0.3) is 0 Å². The highest BCUT2D eigenvalue weighted by Gasteiger charge is 2.32. The summed E-state index contributed by atoms with van der Waals surface area (Å²) >= 11 is 0. The fraction of sp³-hybridized carbons (Fsp3) is 0.750. The second-order valence-corrected chi connectivity index (χ2v) is 7.93. The van der Waals surface area contributed by atoms with E-state index in [0.29, 0.717) is 49.7 Å². The zero-order valence-electron chi connectivity index (χ0n) is 17.6. The average Bonchev–Trinajstić information content (AvgIpc) is 3.07. The number of hydrogen-bond donors (Lipinski definition) is 4. The van der Waals surface area contributed by atoms with Crippen molar-refractivity contribution in [3.05, 3.63) is 11.5 Å². The zero-order valence-corrected chi connectivity index (χ0v) is 17.6. The van der Waals surface area contributed by atoms with Crippen LogP contribution >= 0.6 is 0 Å². The van der Waals surface area contributed by atoms with Crippen LogP contribution in [0.5, 0.6) is 0 Å². The molecule has 3 atom stereocenters. The van der Waals surface area contributed by atoms with Gasteiger partial charge in [0, 0.05) is 25.7 Å². The van der Waals surface area contributed by atoms with Crippen LogP contribution in [0, 0.1) is 19.8 Å². The summed E-state index contributed by atoms with van der Waals surface area (Å²) in [6.45, 7) is 5.09. The highest BCUT2D eigenvalue weighted by atomic mass is 16.5.